The van der Waals surface area contributed by atoms with E-state index in [0.29, 0.717) is 37.1 Å². The van der Waals surface area contributed by atoms with Crippen molar-refractivity contribution in [3.8, 4) is 0 Å². The summed E-state index contributed by atoms with van der Waals surface area (Å²) in [6, 6.07) is 3.65. The average molecular weight is 341 g/mol. The highest BCUT2D eigenvalue weighted by Gasteiger charge is 2.25. The number of hydrogen-bond donors (Lipinski definition) is 2. The summed E-state index contributed by atoms with van der Waals surface area (Å²) < 4.78 is 1.73. The maximum atomic E-state index is 12.7. The van der Waals surface area contributed by atoms with Crippen LogP contribution in [-0.4, -0.2) is 33.5 Å². The van der Waals surface area contributed by atoms with Gasteiger partial charge in [0.2, 0.25) is 5.95 Å². The summed E-state index contributed by atoms with van der Waals surface area (Å²) in [4.78, 5) is 33.3. The van der Waals surface area contributed by atoms with Crippen molar-refractivity contribution >= 4 is 11.9 Å². The van der Waals surface area contributed by atoms with Crippen molar-refractivity contribution in [3.05, 3.63) is 51.7 Å². The number of hydrogen-bond acceptors (Lipinski definition) is 5. The summed E-state index contributed by atoms with van der Waals surface area (Å²) in [5, 5.41) is 5.81. The van der Waals surface area contributed by atoms with Crippen molar-refractivity contribution in [3.63, 3.8) is 0 Å². The van der Waals surface area contributed by atoms with Crippen LogP contribution in [0.3, 0.4) is 0 Å². The van der Waals surface area contributed by atoms with E-state index in [1.165, 1.54) is 0 Å². The molecule has 1 aliphatic carbocycles. The second kappa shape index (κ2) is 7.46. The first kappa shape index (κ1) is 17.1. The second-order valence-electron chi connectivity index (χ2n) is 6.46. The molecule has 2 aromatic heterocycles. The number of amides is 1. The summed E-state index contributed by atoms with van der Waals surface area (Å²) in [5.74, 6) is 0.753. The van der Waals surface area contributed by atoms with Crippen molar-refractivity contribution in [1.82, 2.24) is 19.9 Å². The van der Waals surface area contributed by atoms with Crippen molar-refractivity contribution in [1.29, 1.82) is 0 Å². The lowest BCUT2D eigenvalue weighted by molar-refractivity contribution is 0.0952. The number of pyridine rings is 1. The van der Waals surface area contributed by atoms with Crippen LogP contribution >= 0.6 is 0 Å². The molecule has 0 atom stereocenters. The SMILES string of the molecule is Cc1cc(C)n(CC2CC2)c(=O)c1C(=O)NCCNc1ncccn1. The van der Waals surface area contributed by atoms with Crippen molar-refractivity contribution in [2.45, 2.75) is 33.2 Å². The van der Waals surface area contributed by atoms with Crippen LogP contribution in [0.4, 0.5) is 5.95 Å². The number of aromatic nitrogens is 3. The molecule has 0 bridgehead atoms. The van der Waals surface area contributed by atoms with Crippen LogP contribution in [0.25, 0.3) is 0 Å². The molecule has 2 N–H and O–H groups in total. The molecule has 2 aromatic rings. The Morgan fingerprint density at radius 1 is 1.24 bits per heavy atom. The minimum Gasteiger partial charge on any atom is -0.352 e. The third-order valence-corrected chi connectivity index (χ3v) is 4.33. The Hall–Kier alpha value is -2.70. The first-order valence-electron chi connectivity index (χ1n) is 8.56. The fourth-order valence-corrected chi connectivity index (χ4v) is 2.82. The van der Waals surface area contributed by atoms with Gasteiger partial charge in [-0.2, -0.15) is 0 Å². The van der Waals surface area contributed by atoms with Crippen molar-refractivity contribution < 1.29 is 4.79 Å². The summed E-state index contributed by atoms with van der Waals surface area (Å²) in [5.41, 5.74) is 1.67. The molecular weight excluding hydrogens is 318 g/mol. The zero-order valence-electron chi connectivity index (χ0n) is 14.6. The Morgan fingerprint density at radius 2 is 1.96 bits per heavy atom. The number of nitrogens with one attached hydrogen (secondary N) is 2. The molecule has 0 aliphatic heterocycles. The van der Waals surface area contributed by atoms with E-state index in [1.807, 2.05) is 13.0 Å². The van der Waals surface area contributed by atoms with Crippen molar-refractivity contribution in [2.75, 3.05) is 18.4 Å². The summed E-state index contributed by atoms with van der Waals surface area (Å²) >= 11 is 0. The van der Waals surface area contributed by atoms with Crippen LogP contribution in [0.1, 0.15) is 34.5 Å². The smallest absolute Gasteiger partial charge is 0.263 e. The van der Waals surface area contributed by atoms with Gasteiger partial charge >= 0.3 is 0 Å². The molecule has 0 saturated heterocycles. The summed E-state index contributed by atoms with van der Waals surface area (Å²) in [6.07, 6.45) is 5.61. The van der Waals surface area contributed by atoms with E-state index < -0.39 is 0 Å². The number of anilines is 1. The highest BCUT2D eigenvalue weighted by molar-refractivity contribution is 5.95. The number of aryl methyl sites for hydroxylation is 2. The van der Waals surface area contributed by atoms with Crippen LogP contribution in [0.5, 0.6) is 0 Å². The first-order chi connectivity index (χ1) is 12.1. The van der Waals surface area contributed by atoms with Gasteiger partial charge in [0.25, 0.3) is 11.5 Å². The minimum atomic E-state index is -0.331. The highest BCUT2D eigenvalue weighted by atomic mass is 16.2. The minimum absolute atomic E-state index is 0.193. The van der Waals surface area contributed by atoms with Crippen molar-refractivity contribution in [2.24, 2.45) is 5.92 Å². The third-order valence-electron chi connectivity index (χ3n) is 4.33. The van der Waals surface area contributed by atoms with E-state index in [2.05, 4.69) is 20.6 Å². The molecule has 7 heteroatoms. The Morgan fingerprint density at radius 3 is 2.64 bits per heavy atom. The average Bonchev–Trinajstić information content (AvgIpc) is 3.40. The van der Waals surface area contributed by atoms with E-state index in [4.69, 9.17) is 0 Å². The first-order valence-corrected chi connectivity index (χ1v) is 8.56. The van der Waals surface area contributed by atoms with E-state index >= 15 is 0 Å². The van der Waals surface area contributed by atoms with Gasteiger partial charge in [-0.1, -0.05) is 0 Å². The molecule has 25 heavy (non-hydrogen) atoms. The molecule has 2 heterocycles. The van der Waals surface area contributed by atoms with Crippen LogP contribution in [0.15, 0.2) is 29.3 Å². The van der Waals surface area contributed by atoms with Gasteiger partial charge in [0.05, 0.1) is 0 Å². The molecule has 1 amide bonds. The fraction of sp³-hybridized carbons (Fsp3) is 0.444. The van der Waals surface area contributed by atoms with Gasteiger partial charge in [0, 0.05) is 37.7 Å². The lowest BCUT2D eigenvalue weighted by atomic mass is 10.1. The summed E-state index contributed by atoms with van der Waals surface area (Å²) in [7, 11) is 0. The number of rotatable bonds is 7. The van der Waals surface area contributed by atoms with Gasteiger partial charge in [-0.05, 0) is 50.3 Å². The molecule has 0 radical (unpaired) electrons. The van der Waals surface area contributed by atoms with E-state index in [1.54, 1.807) is 30.0 Å². The second-order valence-corrected chi connectivity index (χ2v) is 6.46. The molecule has 0 spiro atoms. The van der Waals surface area contributed by atoms with Gasteiger partial charge in [0.15, 0.2) is 0 Å². The Labute approximate surface area is 146 Å². The molecule has 0 aromatic carbocycles. The molecule has 1 fully saturated rings. The molecule has 132 valence electrons. The molecule has 3 rings (SSSR count). The predicted molar refractivity (Wildman–Crippen MR) is 95.8 cm³/mol. The maximum absolute atomic E-state index is 12.7. The lowest BCUT2D eigenvalue weighted by Gasteiger charge is -2.14. The molecule has 7 nitrogen and oxygen atoms in total. The maximum Gasteiger partial charge on any atom is 0.263 e. The van der Waals surface area contributed by atoms with Gasteiger partial charge in [-0.3, -0.25) is 9.59 Å². The van der Waals surface area contributed by atoms with E-state index in [9.17, 15) is 9.59 Å². The van der Waals surface area contributed by atoms with Gasteiger partial charge in [-0.25, -0.2) is 9.97 Å². The molecular formula is C18H23N5O2. The fourth-order valence-electron chi connectivity index (χ4n) is 2.82. The van der Waals surface area contributed by atoms with E-state index in [0.717, 1.165) is 18.5 Å². The van der Waals surface area contributed by atoms with E-state index in [-0.39, 0.29) is 17.0 Å². The Bertz CT molecular complexity index is 812. The Balaban J connectivity index is 1.64. The molecule has 1 aliphatic rings. The zero-order valence-corrected chi connectivity index (χ0v) is 14.6. The summed E-state index contributed by atoms with van der Waals surface area (Å²) in [6.45, 7) is 5.30. The standard InChI is InChI=1S/C18H23N5O2/c1-12-10-13(2)23(11-14-4-5-14)17(25)15(12)16(24)19-8-9-22-18-20-6-3-7-21-18/h3,6-7,10,14H,4-5,8-9,11H2,1-2H3,(H,19,24)(H,20,21,22). The third kappa shape index (κ3) is 4.23. The van der Waals surface area contributed by atoms with Crippen LogP contribution in [0.2, 0.25) is 0 Å². The zero-order chi connectivity index (χ0) is 17.8. The quantitative estimate of drug-likeness (QED) is 0.745. The molecule has 0 unspecified atom stereocenters. The monoisotopic (exact) mass is 341 g/mol. The highest BCUT2D eigenvalue weighted by Crippen LogP contribution is 2.30. The van der Waals surface area contributed by atoms with Crippen LogP contribution in [0, 0.1) is 19.8 Å². The number of carbonyl (C=O) groups is 1. The Kier molecular flexibility index (Phi) is 5.11. The lowest BCUT2D eigenvalue weighted by Crippen LogP contribution is -2.37. The van der Waals surface area contributed by atoms with Gasteiger partial charge in [0.1, 0.15) is 5.56 Å². The number of nitrogens with zero attached hydrogens (tertiary/aromatic N) is 3. The van der Waals surface area contributed by atoms with Gasteiger partial charge < -0.3 is 15.2 Å². The van der Waals surface area contributed by atoms with Crippen LogP contribution in [-0.2, 0) is 6.54 Å². The predicted octanol–water partition coefficient (Wildman–Crippen LogP) is 1.51. The molecule has 1 saturated carbocycles. The van der Waals surface area contributed by atoms with Crippen LogP contribution < -0.4 is 16.2 Å². The topological polar surface area (TPSA) is 88.9 Å². The van der Waals surface area contributed by atoms with Gasteiger partial charge in [-0.15, -0.1) is 0 Å². The largest absolute Gasteiger partial charge is 0.352 e. The number of carbonyl (C=O) groups excluding carboxylic acids is 1. The normalized spacial score (nSPS) is 13.5.